The summed E-state index contributed by atoms with van der Waals surface area (Å²) in [6.07, 6.45) is 4.24. The topological polar surface area (TPSA) is 48.5 Å². The minimum absolute atomic E-state index is 0.0797. The number of nitrogens with zero attached hydrogens (tertiary/aromatic N) is 3. The van der Waals surface area contributed by atoms with E-state index >= 15 is 0 Å². The van der Waals surface area contributed by atoms with Crippen LogP contribution in [0.25, 0.3) is 0 Å². The molecule has 0 bridgehead atoms. The van der Waals surface area contributed by atoms with Crippen LogP contribution in [0.3, 0.4) is 0 Å². The van der Waals surface area contributed by atoms with Gasteiger partial charge in [-0.3, -0.25) is 0 Å². The summed E-state index contributed by atoms with van der Waals surface area (Å²) in [7, 11) is 0. The Bertz CT molecular complexity index is 287. The molecule has 0 heterocycles. The Morgan fingerprint density at radius 2 is 2.07 bits per heavy atom. The van der Waals surface area contributed by atoms with Gasteiger partial charge in [0.15, 0.2) is 0 Å². The molecule has 1 fully saturated rings. The summed E-state index contributed by atoms with van der Waals surface area (Å²) in [4.78, 5) is 0. The fraction of sp³-hybridized carbons (Fsp3) is 0.909. The Kier molecular flexibility index (Phi) is 4.10. The quantitative estimate of drug-likeness (QED) is 0.411. The largest absolute Gasteiger partial charge is 0.197 e. The molecule has 15 heavy (non-hydrogen) atoms. The predicted molar refractivity (Wildman–Crippen MR) is 69.2 cm³/mol. The van der Waals surface area contributed by atoms with Crippen molar-refractivity contribution < 1.29 is 0 Å². The van der Waals surface area contributed by atoms with Crippen LogP contribution in [0.5, 0.6) is 0 Å². The molecule has 0 radical (unpaired) electrons. The van der Waals surface area contributed by atoms with E-state index in [1.54, 1.807) is 0 Å². The first-order valence-electron chi connectivity index (χ1n) is 5.39. The normalized spacial score (nSPS) is 32.9. The van der Waals surface area contributed by atoms with Crippen molar-refractivity contribution in [1.82, 2.24) is 0 Å². The maximum atomic E-state index is 9.19. The molecule has 2 atom stereocenters. The minimum atomic E-state index is -0.329. The molecule has 1 aliphatic carbocycles. The molecule has 0 aliphatic heterocycles. The van der Waals surface area contributed by atoms with Crippen LogP contribution in [0.2, 0.25) is 0 Å². The molecule has 1 saturated carbocycles. The van der Waals surface area contributed by atoms with Crippen molar-refractivity contribution in [3.05, 3.63) is 0 Å². The third kappa shape index (κ3) is 3.71. The molecule has 0 spiro atoms. The lowest BCUT2D eigenvalue weighted by atomic mass is 9.86. The van der Waals surface area contributed by atoms with Crippen LogP contribution in [0.15, 0.2) is 10.2 Å². The van der Waals surface area contributed by atoms with Gasteiger partial charge in [0.1, 0.15) is 3.42 Å². The highest BCUT2D eigenvalue weighted by Gasteiger charge is 2.39. The molecule has 3 nitrogen and oxygen atoms in total. The number of azo groups is 1. The second-order valence-corrected chi connectivity index (χ2v) is 7.05. The molecule has 1 rings (SSSR count). The van der Waals surface area contributed by atoms with Gasteiger partial charge in [-0.15, -0.1) is 0 Å². The van der Waals surface area contributed by atoms with Gasteiger partial charge in [0.25, 0.3) is 0 Å². The number of rotatable bonds is 1. The molecule has 4 heteroatoms. The van der Waals surface area contributed by atoms with Crippen LogP contribution in [0, 0.1) is 11.3 Å². The van der Waals surface area contributed by atoms with Gasteiger partial charge in [0.05, 0.1) is 17.6 Å². The minimum Gasteiger partial charge on any atom is -0.197 e. The van der Waals surface area contributed by atoms with E-state index in [1.807, 2.05) is 20.8 Å². The molecule has 84 valence electrons. The lowest BCUT2D eigenvalue weighted by Crippen LogP contribution is -2.36. The Morgan fingerprint density at radius 3 is 2.60 bits per heavy atom. The van der Waals surface area contributed by atoms with Crippen LogP contribution >= 0.6 is 22.6 Å². The fourth-order valence-electron chi connectivity index (χ4n) is 1.64. The summed E-state index contributed by atoms with van der Waals surface area (Å²) in [5, 5.41) is 17.9. The van der Waals surface area contributed by atoms with Crippen molar-refractivity contribution in [3.63, 3.8) is 0 Å². The van der Waals surface area contributed by atoms with Crippen molar-refractivity contribution in [1.29, 1.82) is 5.26 Å². The lowest BCUT2D eigenvalue weighted by Gasteiger charge is -2.31. The average molecular weight is 319 g/mol. The number of hydrogen-bond acceptors (Lipinski definition) is 3. The number of hydrogen-bond donors (Lipinski definition) is 0. The Labute approximate surface area is 105 Å². The van der Waals surface area contributed by atoms with E-state index in [1.165, 1.54) is 6.42 Å². The Morgan fingerprint density at radius 1 is 1.40 bits per heavy atom. The van der Waals surface area contributed by atoms with Gasteiger partial charge in [-0.1, -0.05) is 35.4 Å². The highest BCUT2D eigenvalue weighted by Crippen LogP contribution is 2.38. The Hall–Kier alpha value is -0.180. The summed E-state index contributed by atoms with van der Waals surface area (Å²) in [5.41, 5.74) is -0.134. The van der Waals surface area contributed by atoms with Gasteiger partial charge in [0.2, 0.25) is 0 Å². The van der Waals surface area contributed by atoms with Crippen molar-refractivity contribution in [2.75, 3.05) is 0 Å². The maximum Gasteiger partial charge on any atom is 0.132 e. The van der Waals surface area contributed by atoms with Crippen molar-refractivity contribution >= 4 is 22.6 Å². The predicted octanol–water partition coefficient (Wildman–Crippen LogP) is 3.88. The molecule has 0 aromatic carbocycles. The van der Waals surface area contributed by atoms with E-state index in [0.717, 1.165) is 19.3 Å². The molecule has 0 N–H and O–H groups in total. The molecule has 0 amide bonds. The van der Waals surface area contributed by atoms with Gasteiger partial charge < -0.3 is 0 Å². The zero-order valence-corrected chi connectivity index (χ0v) is 11.8. The second kappa shape index (κ2) is 4.77. The van der Waals surface area contributed by atoms with Crippen molar-refractivity contribution in [3.8, 4) is 6.07 Å². The third-order valence-corrected chi connectivity index (χ3v) is 3.98. The van der Waals surface area contributed by atoms with E-state index in [0.29, 0.717) is 0 Å². The van der Waals surface area contributed by atoms with Crippen LogP contribution in [0.4, 0.5) is 0 Å². The summed E-state index contributed by atoms with van der Waals surface area (Å²) in [5.74, 6) is 0. The van der Waals surface area contributed by atoms with E-state index in [-0.39, 0.29) is 15.0 Å². The van der Waals surface area contributed by atoms with E-state index < -0.39 is 0 Å². The van der Waals surface area contributed by atoms with Gasteiger partial charge >= 0.3 is 0 Å². The summed E-state index contributed by atoms with van der Waals surface area (Å²) < 4.78 is -0.329. The standard InChI is InChI=1S/C11H18IN3/c1-10(2,3)15-14-9-6-4-5-7-11(9,12)8-13/h9H,4-7H2,1-3H3. The fourth-order valence-corrected chi connectivity index (χ4v) is 2.46. The summed E-state index contributed by atoms with van der Waals surface area (Å²) in [6.45, 7) is 6.09. The van der Waals surface area contributed by atoms with Crippen LogP contribution < -0.4 is 0 Å². The van der Waals surface area contributed by atoms with Crippen molar-refractivity contribution in [2.24, 2.45) is 10.2 Å². The Balaban J connectivity index is 2.75. The highest BCUT2D eigenvalue weighted by atomic mass is 127. The maximum absolute atomic E-state index is 9.19. The summed E-state index contributed by atoms with van der Waals surface area (Å²) in [6, 6.07) is 2.48. The first-order valence-corrected chi connectivity index (χ1v) is 6.47. The number of halogens is 1. The van der Waals surface area contributed by atoms with Crippen LogP contribution in [-0.2, 0) is 0 Å². The lowest BCUT2D eigenvalue weighted by molar-refractivity contribution is 0.387. The van der Waals surface area contributed by atoms with Crippen molar-refractivity contribution in [2.45, 2.75) is 61.5 Å². The monoisotopic (exact) mass is 319 g/mol. The zero-order valence-electron chi connectivity index (χ0n) is 9.63. The molecule has 1 aliphatic rings. The van der Waals surface area contributed by atoms with Crippen LogP contribution in [-0.4, -0.2) is 15.0 Å². The molecule has 0 aromatic heterocycles. The molecule has 0 aromatic rings. The molecule has 0 saturated heterocycles. The van der Waals surface area contributed by atoms with E-state index in [2.05, 4.69) is 38.9 Å². The van der Waals surface area contributed by atoms with Gasteiger partial charge in [-0.2, -0.15) is 15.5 Å². The molecule has 2 unspecified atom stereocenters. The number of nitriles is 1. The van der Waals surface area contributed by atoms with E-state index in [4.69, 9.17) is 0 Å². The van der Waals surface area contributed by atoms with Gasteiger partial charge in [0, 0.05) is 0 Å². The smallest absolute Gasteiger partial charge is 0.132 e. The van der Waals surface area contributed by atoms with Crippen LogP contribution in [0.1, 0.15) is 46.5 Å². The second-order valence-electron chi connectivity index (χ2n) is 5.12. The van der Waals surface area contributed by atoms with Gasteiger partial charge in [-0.25, -0.2) is 0 Å². The molecular formula is C11H18IN3. The first kappa shape index (κ1) is 12.9. The SMILES string of the molecule is CC(C)(C)N=NC1CCCCC1(I)C#N. The summed E-state index contributed by atoms with van der Waals surface area (Å²) >= 11 is 2.25. The zero-order chi connectivity index (χ0) is 11.5. The molecular weight excluding hydrogens is 301 g/mol. The van der Waals surface area contributed by atoms with Gasteiger partial charge in [-0.05, 0) is 33.6 Å². The highest BCUT2D eigenvalue weighted by molar-refractivity contribution is 14.1. The average Bonchev–Trinajstić information content (AvgIpc) is 2.15. The van der Waals surface area contributed by atoms with E-state index in [9.17, 15) is 5.26 Å². The number of alkyl halides is 1. The third-order valence-electron chi connectivity index (χ3n) is 2.48. The first-order chi connectivity index (χ1) is 6.87.